The van der Waals surface area contributed by atoms with Gasteiger partial charge in [0.2, 0.25) is 0 Å². The van der Waals surface area contributed by atoms with Crippen molar-refractivity contribution in [3.05, 3.63) is 23.4 Å². The van der Waals surface area contributed by atoms with Gasteiger partial charge >= 0.3 is 0 Å². The van der Waals surface area contributed by atoms with Crippen molar-refractivity contribution in [3.63, 3.8) is 0 Å². The second kappa shape index (κ2) is 5.81. The summed E-state index contributed by atoms with van der Waals surface area (Å²) < 4.78 is 0. The number of nitrogens with zero attached hydrogens (tertiary/aromatic N) is 1. The summed E-state index contributed by atoms with van der Waals surface area (Å²) in [7, 11) is 0. The van der Waals surface area contributed by atoms with Crippen LogP contribution < -0.4 is 10.6 Å². The SMILES string of the molecule is CCCNc1cc(C(=O)NC2(C)CC2)cc(C(C)C)n1. The van der Waals surface area contributed by atoms with Gasteiger partial charge in [-0.3, -0.25) is 4.79 Å². The molecule has 0 spiro atoms. The third-order valence-corrected chi connectivity index (χ3v) is 3.67. The molecule has 0 aliphatic heterocycles. The van der Waals surface area contributed by atoms with Crippen LogP contribution >= 0.6 is 0 Å². The minimum atomic E-state index is 0.00819. The molecule has 1 amide bonds. The van der Waals surface area contributed by atoms with Crippen LogP contribution in [0.3, 0.4) is 0 Å². The number of hydrogen-bond donors (Lipinski definition) is 2. The van der Waals surface area contributed by atoms with Crippen LogP contribution in [-0.4, -0.2) is 23.0 Å². The van der Waals surface area contributed by atoms with Gasteiger partial charge in [-0.25, -0.2) is 4.98 Å². The molecule has 0 radical (unpaired) electrons. The number of pyridine rings is 1. The van der Waals surface area contributed by atoms with E-state index >= 15 is 0 Å². The number of aromatic nitrogens is 1. The molecular formula is C16H25N3O. The lowest BCUT2D eigenvalue weighted by Gasteiger charge is -2.15. The first-order chi connectivity index (χ1) is 9.43. The third kappa shape index (κ3) is 3.71. The van der Waals surface area contributed by atoms with Crippen molar-refractivity contribution >= 4 is 11.7 Å². The van der Waals surface area contributed by atoms with E-state index in [4.69, 9.17) is 0 Å². The Bertz CT molecular complexity index is 492. The van der Waals surface area contributed by atoms with Crippen molar-refractivity contribution in [2.75, 3.05) is 11.9 Å². The van der Waals surface area contributed by atoms with E-state index in [9.17, 15) is 4.79 Å². The van der Waals surface area contributed by atoms with Crippen LogP contribution in [0.5, 0.6) is 0 Å². The van der Waals surface area contributed by atoms with Gasteiger partial charge in [-0.15, -0.1) is 0 Å². The fraction of sp³-hybridized carbons (Fsp3) is 0.625. The molecule has 0 bridgehead atoms. The van der Waals surface area contributed by atoms with Crippen LogP contribution in [0.15, 0.2) is 12.1 Å². The van der Waals surface area contributed by atoms with Gasteiger partial charge in [-0.05, 0) is 44.2 Å². The lowest BCUT2D eigenvalue weighted by atomic mass is 10.1. The molecule has 0 aromatic carbocycles. The maximum Gasteiger partial charge on any atom is 0.251 e. The molecule has 2 rings (SSSR count). The van der Waals surface area contributed by atoms with Crippen molar-refractivity contribution < 1.29 is 4.79 Å². The van der Waals surface area contributed by atoms with Crippen molar-refractivity contribution in [2.24, 2.45) is 0 Å². The molecule has 20 heavy (non-hydrogen) atoms. The van der Waals surface area contributed by atoms with E-state index in [1.807, 2.05) is 12.1 Å². The lowest BCUT2D eigenvalue weighted by molar-refractivity contribution is 0.0935. The molecule has 1 aliphatic rings. The average molecular weight is 275 g/mol. The van der Waals surface area contributed by atoms with Crippen LogP contribution in [0.2, 0.25) is 0 Å². The summed E-state index contributed by atoms with van der Waals surface area (Å²) in [5.41, 5.74) is 1.67. The van der Waals surface area contributed by atoms with Gasteiger partial charge in [0.15, 0.2) is 0 Å². The highest BCUT2D eigenvalue weighted by Gasteiger charge is 2.38. The van der Waals surface area contributed by atoms with Crippen molar-refractivity contribution in [1.82, 2.24) is 10.3 Å². The Morgan fingerprint density at radius 1 is 1.40 bits per heavy atom. The molecule has 2 N–H and O–H groups in total. The topological polar surface area (TPSA) is 54.0 Å². The lowest BCUT2D eigenvalue weighted by Crippen LogP contribution is -2.34. The van der Waals surface area contributed by atoms with Gasteiger partial charge in [0.1, 0.15) is 5.82 Å². The number of nitrogens with one attached hydrogen (secondary N) is 2. The first-order valence-corrected chi connectivity index (χ1v) is 7.52. The summed E-state index contributed by atoms with van der Waals surface area (Å²) in [5.74, 6) is 1.11. The molecule has 4 heteroatoms. The molecule has 1 fully saturated rings. The number of carbonyl (C=O) groups is 1. The molecule has 110 valence electrons. The molecule has 0 saturated heterocycles. The van der Waals surface area contributed by atoms with Gasteiger partial charge in [-0.1, -0.05) is 20.8 Å². The predicted octanol–water partition coefficient (Wildman–Crippen LogP) is 3.31. The Balaban J connectivity index is 2.21. The highest BCUT2D eigenvalue weighted by Crippen LogP contribution is 2.34. The van der Waals surface area contributed by atoms with Crippen LogP contribution in [0.4, 0.5) is 5.82 Å². The van der Waals surface area contributed by atoms with E-state index < -0.39 is 0 Å². The van der Waals surface area contributed by atoms with Crippen molar-refractivity contribution in [2.45, 2.75) is 58.4 Å². The molecule has 4 nitrogen and oxygen atoms in total. The zero-order chi connectivity index (χ0) is 14.8. The summed E-state index contributed by atoms with van der Waals surface area (Å²) in [6.45, 7) is 9.26. The van der Waals surface area contributed by atoms with Crippen molar-refractivity contribution in [1.29, 1.82) is 0 Å². The van der Waals surface area contributed by atoms with E-state index in [1.54, 1.807) is 0 Å². The fourth-order valence-corrected chi connectivity index (χ4v) is 1.98. The predicted molar refractivity (Wildman–Crippen MR) is 82.2 cm³/mol. The number of anilines is 1. The first kappa shape index (κ1) is 14.8. The summed E-state index contributed by atoms with van der Waals surface area (Å²) in [6.07, 6.45) is 3.18. The van der Waals surface area contributed by atoms with Crippen LogP contribution in [0.25, 0.3) is 0 Å². The van der Waals surface area contributed by atoms with Gasteiger partial charge in [-0.2, -0.15) is 0 Å². The van der Waals surface area contributed by atoms with E-state index in [-0.39, 0.29) is 11.4 Å². The molecular weight excluding hydrogens is 250 g/mol. The second-order valence-electron chi connectivity index (χ2n) is 6.26. The monoisotopic (exact) mass is 275 g/mol. The number of carbonyl (C=O) groups excluding carboxylic acids is 1. The highest BCUT2D eigenvalue weighted by molar-refractivity contribution is 5.95. The standard InChI is InChI=1S/C16H25N3O/c1-5-8-17-14-10-12(9-13(18-14)11(2)3)15(20)19-16(4)6-7-16/h9-11H,5-8H2,1-4H3,(H,17,18)(H,19,20). The largest absolute Gasteiger partial charge is 0.370 e. The second-order valence-corrected chi connectivity index (χ2v) is 6.26. The maximum absolute atomic E-state index is 12.3. The minimum Gasteiger partial charge on any atom is -0.370 e. The molecule has 0 atom stereocenters. The zero-order valence-corrected chi connectivity index (χ0v) is 12.9. The van der Waals surface area contributed by atoms with Crippen LogP contribution in [0.1, 0.15) is 68.9 Å². The highest BCUT2D eigenvalue weighted by atomic mass is 16.1. The number of rotatable bonds is 6. The van der Waals surface area contributed by atoms with E-state index in [1.165, 1.54) is 0 Å². The zero-order valence-electron chi connectivity index (χ0n) is 12.9. The Kier molecular flexibility index (Phi) is 4.31. The van der Waals surface area contributed by atoms with E-state index in [0.717, 1.165) is 37.3 Å². The Hall–Kier alpha value is -1.58. The number of hydrogen-bond acceptors (Lipinski definition) is 3. The Labute approximate surface area is 121 Å². The third-order valence-electron chi connectivity index (χ3n) is 3.67. The van der Waals surface area contributed by atoms with Gasteiger partial charge in [0, 0.05) is 23.3 Å². The molecule has 1 aromatic heterocycles. The smallest absolute Gasteiger partial charge is 0.251 e. The Morgan fingerprint density at radius 3 is 2.65 bits per heavy atom. The van der Waals surface area contributed by atoms with Gasteiger partial charge in [0.05, 0.1) is 0 Å². The summed E-state index contributed by atoms with van der Waals surface area (Å²) in [5, 5.41) is 6.37. The average Bonchev–Trinajstić information content (AvgIpc) is 3.13. The molecule has 1 aromatic rings. The quantitative estimate of drug-likeness (QED) is 0.837. The Morgan fingerprint density at radius 2 is 2.10 bits per heavy atom. The van der Waals surface area contributed by atoms with Crippen LogP contribution in [0, 0.1) is 0 Å². The normalized spacial score (nSPS) is 16.1. The number of amides is 1. The summed E-state index contributed by atoms with van der Waals surface area (Å²) in [4.78, 5) is 16.9. The molecule has 1 heterocycles. The molecule has 0 unspecified atom stereocenters. The van der Waals surface area contributed by atoms with Gasteiger partial charge in [0.25, 0.3) is 5.91 Å². The molecule has 1 aliphatic carbocycles. The van der Waals surface area contributed by atoms with Crippen LogP contribution in [-0.2, 0) is 0 Å². The first-order valence-electron chi connectivity index (χ1n) is 7.52. The fourth-order valence-electron chi connectivity index (χ4n) is 1.98. The maximum atomic E-state index is 12.3. The summed E-state index contributed by atoms with van der Waals surface area (Å²) in [6, 6.07) is 3.76. The van der Waals surface area contributed by atoms with E-state index in [2.05, 4.69) is 43.3 Å². The minimum absolute atomic E-state index is 0.00819. The van der Waals surface area contributed by atoms with Gasteiger partial charge < -0.3 is 10.6 Å². The van der Waals surface area contributed by atoms with E-state index in [0.29, 0.717) is 11.5 Å². The summed E-state index contributed by atoms with van der Waals surface area (Å²) >= 11 is 0. The molecule has 1 saturated carbocycles. The van der Waals surface area contributed by atoms with Crippen molar-refractivity contribution in [3.8, 4) is 0 Å².